The van der Waals surface area contributed by atoms with Crippen molar-refractivity contribution in [3.8, 4) is 22.3 Å². The van der Waals surface area contributed by atoms with Crippen LogP contribution in [0.25, 0.3) is 54.6 Å². The van der Waals surface area contributed by atoms with E-state index in [0.29, 0.717) is 0 Å². The van der Waals surface area contributed by atoms with E-state index in [1.54, 1.807) is 0 Å². The van der Waals surface area contributed by atoms with Crippen LogP contribution in [0.5, 0.6) is 0 Å². The van der Waals surface area contributed by atoms with Gasteiger partial charge in [-0.05, 0) is 78.7 Å². The number of hydrogen-bond acceptors (Lipinski definition) is 1. The van der Waals surface area contributed by atoms with E-state index in [4.69, 9.17) is 0 Å². The molecule has 0 N–H and O–H groups in total. The lowest BCUT2D eigenvalue weighted by Crippen LogP contribution is -2.57. The number of nitrogens with zero attached hydrogens (tertiary/aromatic N) is 1. The van der Waals surface area contributed by atoms with E-state index in [1.807, 2.05) is 0 Å². The van der Waals surface area contributed by atoms with Crippen molar-refractivity contribution in [2.24, 2.45) is 0 Å². The molecule has 0 atom stereocenters. The lowest BCUT2D eigenvalue weighted by molar-refractivity contribution is 1.36. The highest BCUT2D eigenvalue weighted by molar-refractivity contribution is 6.90. The van der Waals surface area contributed by atoms with E-state index in [0.717, 1.165) is 0 Å². The van der Waals surface area contributed by atoms with Gasteiger partial charge in [-0.25, -0.2) is 0 Å². The van der Waals surface area contributed by atoms with Crippen molar-refractivity contribution >= 4 is 61.5 Å². The normalized spacial score (nSPS) is 12.5. The van der Waals surface area contributed by atoms with Crippen molar-refractivity contribution < 1.29 is 0 Å². The molecule has 0 radical (unpaired) electrons. The molecule has 1 heterocycles. The standard InChI is InChI=1S/C42H28BN/c1-2-12-32(13-3-1)44-42-21-11-9-19-39(42)38-18-8-10-20-41(38)43(44)31-25-22-29(23-26-31)30-24-27-37-35-16-5-4-14-33(35)34-15-6-7-17-36(34)40(37)28-30/h1-28H. The molecule has 0 bridgehead atoms. The largest absolute Gasteiger partial charge is 0.376 e. The molecule has 204 valence electrons. The summed E-state index contributed by atoms with van der Waals surface area (Å²) in [7, 11) is 0. The quantitative estimate of drug-likeness (QED) is 0.154. The maximum atomic E-state index is 2.50. The van der Waals surface area contributed by atoms with E-state index < -0.39 is 0 Å². The number of hydrogen-bond donors (Lipinski definition) is 0. The number of anilines is 2. The Balaban J connectivity index is 1.19. The van der Waals surface area contributed by atoms with E-state index in [1.165, 1.54) is 76.9 Å². The molecule has 0 aliphatic carbocycles. The van der Waals surface area contributed by atoms with Crippen LogP contribution < -0.4 is 15.7 Å². The van der Waals surface area contributed by atoms with Gasteiger partial charge in [0.15, 0.2) is 0 Å². The van der Waals surface area contributed by atoms with Gasteiger partial charge in [-0.3, -0.25) is 0 Å². The topological polar surface area (TPSA) is 3.24 Å². The van der Waals surface area contributed by atoms with Crippen LogP contribution in [0.2, 0.25) is 0 Å². The average molecular weight is 558 g/mol. The zero-order valence-electron chi connectivity index (χ0n) is 24.2. The molecule has 0 saturated heterocycles. The number of rotatable bonds is 3. The molecule has 0 aromatic heterocycles. The van der Waals surface area contributed by atoms with Crippen LogP contribution in [0, 0.1) is 0 Å². The molecule has 0 fully saturated rings. The van der Waals surface area contributed by atoms with Gasteiger partial charge in [0.2, 0.25) is 0 Å². The van der Waals surface area contributed by atoms with Crippen molar-refractivity contribution in [1.29, 1.82) is 0 Å². The summed E-state index contributed by atoms with van der Waals surface area (Å²) in [6.45, 7) is 0.0597. The van der Waals surface area contributed by atoms with Crippen LogP contribution in [0.3, 0.4) is 0 Å². The summed E-state index contributed by atoms with van der Waals surface area (Å²) in [6, 6.07) is 62.2. The fraction of sp³-hybridized carbons (Fsp3) is 0. The Bertz CT molecular complexity index is 2310. The molecule has 44 heavy (non-hydrogen) atoms. The minimum atomic E-state index is 0.0597. The van der Waals surface area contributed by atoms with Crippen molar-refractivity contribution in [3.05, 3.63) is 170 Å². The van der Waals surface area contributed by atoms with Crippen LogP contribution in [-0.4, -0.2) is 6.85 Å². The molecule has 0 spiro atoms. The average Bonchev–Trinajstić information content (AvgIpc) is 3.11. The lowest BCUT2D eigenvalue weighted by atomic mass is 9.45. The van der Waals surface area contributed by atoms with Gasteiger partial charge in [-0.1, -0.05) is 151 Å². The summed E-state index contributed by atoms with van der Waals surface area (Å²) in [4.78, 5) is 2.50. The highest BCUT2D eigenvalue weighted by Gasteiger charge is 2.36. The third-order valence-corrected chi connectivity index (χ3v) is 9.31. The summed E-state index contributed by atoms with van der Waals surface area (Å²) in [5.41, 5.74) is 10.1. The van der Waals surface area contributed by atoms with Crippen LogP contribution in [-0.2, 0) is 0 Å². The molecule has 8 aromatic carbocycles. The second-order valence-electron chi connectivity index (χ2n) is 11.7. The summed E-state index contributed by atoms with van der Waals surface area (Å²) < 4.78 is 0. The number of fused-ring (bicyclic) bond motifs is 9. The third kappa shape index (κ3) is 3.81. The van der Waals surface area contributed by atoms with Gasteiger partial charge in [0.1, 0.15) is 0 Å². The Labute approximate surface area is 257 Å². The molecule has 0 amide bonds. The zero-order chi connectivity index (χ0) is 29.0. The molecule has 0 unspecified atom stereocenters. The van der Waals surface area contributed by atoms with Crippen molar-refractivity contribution in [1.82, 2.24) is 0 Å². The van der Waals surface area contributed by atoms with Crippen LogP contribution >= 0.6 is 0 Å². The van der Waals surface area contributed by atoms with Gasteiger partial charge < -0.3 is 4.81 Å². The third-order valence-electron chi connectivity index (χ3n) is 9.31. The Hall–Kier alpha value is -5.60. The molecule has 1 aliphatic heterocycles. The minimum Gasteiger partial charge on any atom is -0.376 e. The Morgan fingerprint density at radius 2 is 0.886 bits per heavy atom. The Morgan fingerprint density at radius 3 is 1.59 bits per heavy atom. The van der Waals surface area contributed by atoms with E-state index in [-0.39, 0.29) is 6.85 Å². The first-order valence-electron chi connectivity index (χ1n) is 15.3. The molecule has 2 heteroatoms. The maximum Gasteiger partial charge on any atom is 0.328 e. The number of benzene rings is 8. The zero-order valence-corrected chi connectivity index (χ0v) is 24.2. The van der Waals surface area contributed by atoms with Crippen LogP contribution in [0.1, 0.15) is 0 Å². The van der Waals surface area contributed by atoms with Gasteiger partial charge >= 0.3 is 6.85 Å². The minimum absolute atomic E-state index is 0.0597. The van der Waals surface area contributed by atoms with Gasteiger partial charge in [-0.2, -0.15) is 0 Å². The smallest absolute Gasteiger partial charge is 0.328 e. The van der Waals surface area contributed by atoms with Crippen LogP contribution in [0.15, 0.2) is 170 Å². The van der Waals surface area contributed by atoms with Gasteiger partial charge in [0.05, 0.1) is 0 Å². The fourth-order valence-corrected chi connectivity index (χ4v) is 7.32. The molecule has 1 aliphatic rings. The van der Waals surface area contributed by atoms with E-state index in [9.17, 15) is 0 Å². The molecular weight excluding hydrogens is 529 g/mol. The van der Waals surface area contributed by atoms with Crippen molar-refractivity contribution in [2.75, 3.05) is 4.81 Å². The van der Waals surface area contributed by atoms with Crippen LogP contribution in [0.4, 0.5) is 11.4 Å². The van der Waals surface area contributed by atoms with Crippen molar-refractivity contribution in [3.63, 3.8) is 0 Å². The highest BCUT2D eigenvalue weighted by atomic mass is 15.1. The second-order valence-corrected chi connectivity index (χ2v) is 11.7. The molecule has 1 nitrogen and oxygen atoms in total. The molecular formula is C42H28BN. The highest BCUT2D eigenvalue weighted by Crippen LogP contribution is 2.40. The molecule has 9 rings (SSSR count). The Morgan fingerprint density at radius 1 is 0.364 bits per heavy atom. The predicted octanol–water partition coefficient (Wildman–Crippen LogP) is 9.74. The lowest BCUT2D eigenvalue weighted by Gasteiger charge is -2.39. The predicted molar refractivity (Wildman–Crippen MR) is 190 cm³/mol. The summed E-state index contributed by atoms with van der Waals surface area (Å²) in [5.74, 6) is 0. The van der Waals surface area contributed by atoms with Gasteiger partial charge in [0, 0.05) is 16.9 Å². The Kier molecular flexibility index (Phi) is 5.67. The van der Waals surface area contributed by atoms with Crippen molar-refractivity contribution in [2.45, 2.75) is 0 Å². The first kappa shape index (κ1) is 25.0. The maximum absolute atomic E-state index is 2.50. The molecule has 0 saturated carbocycles. The summed E-state index contributed by atoms with van der Waals surface area (Å²) >= 11 is 0. The second kappa shape index (κ2) is 10.0. The molecule has 8 aromatic rings. The van der Waals surface area contributed by atoms with E-state index in [2.05, 4.69) is 175 Å². The van der Waals surface area contributed by atoms with E-state index >= 15 is 0 Å². The summed E-state index contributed by atoms with van der Waals surface area (Å²) in [6.07, 6.45) is 0. The van der Waals surface area contributed by atoms with Gasteiger partial charge in [0.25, 0.3) is 0 Å². The fourth-order valence-electron chi connectivity index (χ4n) is 7.32. The number of para-hydroxylation sites is 2. The first-order valence-corrected chi connectivity index (χ1v) is 15.3. The SMILES string of the molecule is c1ccc(N2B(c3ccc(-c4ccc5c6ccccc6c6ccccc6c5c4)cc3)c3ccccc3-c3ccccc32)cc1. The van der Waals surface area contributed by atoms with Gasteiger partial charge in [-0.15, -0.1) is 0 Å². The monoisotopic (exact) mass is 557 g/mol. The summed E-state index contributed by atoms with van der Waals surface area (Å²) in [5, 5.41) is 7.82. The first-order chi connectivity index (χ1) is 21.8.